The van der Waals surface area contributed by atoms with Gasteiger partial charge in [-0.3, -0.25) is 0 Å². The highest BCUT2D eigenvalue weighted by Gasteiger charge is 2.46. The standard InChI is InChI=1S/C63H41NS/c1-3-15-46(16-4-1)63(47-17-5-2-6-18-47)59-24-11-9-20-55(59)56-38-36-50(41-60(56)63)64(48-32-26-42(27-33-48)45-31-39-62-58(40-45)57-21-10-12-25-61(57)65-62)49-34-28-44(29-35-49)52-22-13-23-53-51-19-8-7-14-43(51)30-37-54(52)53/h1-41H. The Hall–Kier alpha value is -8.04. The zero-order chi connectivity index (χ0) is 42.9. The molecule has 1 aliphatic carbocycles. The maximum Gasteiger partial charge on any atom is 0.0714 e. The van der Waals surface area contributed by atoms with Crippen LogP contribution in [0.5, 0.6) is 0 Å². The van der Waals surface area contributed by atoms with Crippen LogP contribution < -0.4 is 4.90 Å². The van der Waals surface area contributed by atoms with E-state index >= 15 is 0 Å². The van der Waals surface area contributed by atoms with Gasteiger partial charge in [0.05, 0.1) is 5.41 Å². The highest BCUT2D eigenvalue weighted by atomic mass is 32.1. The van der Waals surface area contributed by atoms with Gasteiger partial charge in [-0.2, -0.15) is 0 Å². The van der Waals surface area contributed by atoms with Crippen molar-refractivity contribution in [2.24, 2.45) is 0 Å². The van der Waals surface area contributed by atoms with Gasteiger partial charge in [0, 0.05) is 37.2 Å². The first kappa shape index (κ1) is 37.5. The molecule has 11 aromatic carbocycles. The van der Waals surface area contributed by atoms with Crippen molar-refractivity contribution < 1.29 is 0 Å². The molecule has 304 valence electrons. The van der Waals surface area contributed by atoms with Crippen LogP contribution in [0.4, 0.5) is 17.1 Å². The van der Waals surface area contributed by atoms with Crippen molar-refractivity contribution in [3.8, 4) is 33.4 Å². The number of fused-ring (bicyclic) bond motifs is 9. The fourth-order valence-electron chi connectivity index (χ4n) is 10.8. The molecular weight excluding hydrogens is 803 g/mol. The van der Waals surface area contributed by atoms with Crippen LogP contribution in [-0.2, 0) is 5.41 Å². The molecule has 0 fully saturated rings. The van der Waals surface area contributed by atoms with Crippen LogP contribution in [0.3, 0.4) is 0 Å². The smallest absolute Gasteiger partial charge is 0.0714 e. The van der Waals surface area contributed by atoms with Gasteiger partial charge in [-0.15, -0.1) is 11.3 Å². The second-order valence-corrected chi connectivity index (χ2v) is 18.3. The zero-order valence-electron chi connectivity index (χ0n) is 35.5. The van der Waals surface area contributed by atoms with Crippen LogP contribution in [0.15, 0.2) is 249 Å². The lowest BCUT2D eigenvalue weighted by Gasteiger charge is -2.35. The van der Waals surface area contributed by atoms with Gasteiger partial charge in [-0.05, 0) is 132 Å². The van der Waals surface area contributed by atoms with Crippen molar-refractivity contribution in [3.63, 3.8) is 0 Å². The number of rotatable bonds is 7. The first-order valence-electron chi connectivity index (χ1n) is 22.4. The van der Waals surface area contributed by atoms with Gasteiger partial charge >= 0.3 is 0 Å². The molecule has 0 saturated heterocycles. The highest BCUT2D eigenvalue weighted by Crippen LogP contribution is 2.57. The quantitative estimate of drug-likeness (QED) is 0.145. The Kier molecular flexibility index (Phi) is 8.69. The van der Waals surface area contributed by atoms with Gasteiger partial charge in [0.1, 0.15) is 0 Å². The van der Waals surface area contributed by atoms with Crippen molar-refractivity contribution in [1.82, 2.24) is 0 Å². The Morgan fingerprint density at radius 3 is 1.63 bits per heavy atom. The van der Waals surface area contributed by atoms with Crippen molar-refractivity contribution in [2.75, 3.05) is 4.90 Å². The Labute approximate surface area is 382 Å². The number of nitrogens with zero attached hydrogens (tertiary/aromatic N) is 1. The Morgan fingerprint density at radius 2 is 0.862 bits per heavy atom. The van der Waals surface area contributed by atoms with Gasteiger partial charge in [-0.25, -0.2) is 0 Å². The van der Waals surface area contributed by atoms with E-state index in [1.807, 2.05) is 11.3 Å². The van der Waals surface area contributed by atoms with Crippen LogP contribution >= 0.6 is 11.3 Å². The molecule has 1 aromatic heterocycles. The Balaban J connectivity index is 0.981. The fraction of sp³-hybridized carbons (Fsp3) is 0.0159. The molecule has 0 amide bonds. The van der Waals surface area contributed by atoms with Crippen molar-refractivity contribution in [2.45, 2.75) is 5.41 Å². The maximum atomic E-state index is 2.46. The second kappa shape index (κ2) is 15.1. The molecule has 0 saturated carbocycles. The molecule has 0 aliphatic heterocycles. The second-order valence-electron chi connectivity index (χ2n) is 17.2. The summed E-state index contributed by atoms with van der Waals surface area (Å²) >= 11 is 1.86. The number of benzene rings is 11. The molecular formula is C63H41NS. The summed E-state index contributed by atoms with van der Waals surface area (Å²) in [5.41, 5.74) is 15.3. The van der Waals surface area contributed by atoms with Crippen molar-refractivity contribution >= 4 is 70.1 Å². The number of hydrogen-bond acceptors (Lipinski definition) is 2. The SMILES string of the molecule is c1ccc(C2(c3ccccc3)c3ccccc3-c3ccc(N(c4ccc(-c5ccc6sc7ccccc7c6c5)cc4)c4ccc(-c5cccc6c5ccc5ccccc56)cc4)cc32)cc1. The average molecular weight is 844 g/mol. The molecule has 0 N–H and O–H groups in total. The van der Waals surface area contributed by atoms with E-state index in [9.17, 15) is 0 Å². The minimum atomic E-state index is -0.507. The van der Waals surface area contributed by atoms with E-state index in [2.05, 4.69) is 254 Å². The molecule has 2 heteroatoms. The van der Waals surface area contributed by atoms with E-state index in [4.69, 9.17) is 0 Å². The first-order valence-corrected chi connectivity index (χ1v) is 23.2. The number of hydrogen-bond donors (Lipinski definition) is 0. The minimum Gasteiger partial charge on any atom is -0.310 e. The highest BCUT2D eigenvalue weighted by molar-refractivity contribution is 7.25. The Morgan fingerprint density at radius 1 is 0.292 bits per heavy atom. The van der Waals surface area contributed by atoms with Gasteiger partial charge < -0.3 is 4.90 Å². The van der Waals surface area contributed by atoms with Crippen LogP contribution in [0.2, 0.25) is 0 Å². The lowest BCUT2D eigenvalue weighted by Crippen LogP contribution is -2.28. The third-order valence-corrected chi connectivity index (χ3v) is 14.9. The lowest BCUT2D eigenvalue weighted by atomic mass is 9.67. The molecule has 0 spiro atoms. The molecule has 1 aliphatic rings. The molecule has 1 heterocycles. The predicted octanol–water partition coefficient (Wildman–Crippen LogP) is 17.5. The Bertz CT molecular complexity index is 3710. The monoisotopic (exact) mass is 843 g/mol. The van der Waals surface area contributed by atoms with E-state index < -0.39 is 5.41 Å². The van der Waals surface area contributed by atoms with Crippen molar-refractivity contribution in [3.05, 3.63) is 271 Å². The van der Waals surface area contributed by atoms with E-state index in [1.54, 1.807) is 0 Å². The van der Waals surface area contributed by atoms with Crippen LogP contribution in [0.1, 0.15) is 22.3 Å². The molecule has 0 atom stereocenters. The summed E-state index contributed by atoms with van der Waals surface area (Å²) in [5.74, 6) is 0. The van der Waals surface area contributed by atoms with Gasteiger partial charge in [-0.1, -0.05) is 194 Å². The summed E-state index contributed by atoms with van der Waals surface area (Å²) in [4.78, 5) is 2.43. The summed E-state index contributed by atoms with van der Waals surface area (Å²) in [6, 6.07) is 92.2. The average Bonchev–Trinajstić information content (AvgIpc) is 3.90. The topological polar surface area (TPSA) is 3.24 Å². The van der Waals surface area contributed by atoms with E-state index in [-0.39, 0.29) is 0 Å². The summed E-state index contributed by atoms with van der Waals surface area (Å²) in [6.45, 7) is 0. The van der Waals surface area contributed by atoms with E-state index in [0.717, 1.165) is 17.1 Å². The number of anilines is 3. The van der Waals surface area contributed by atoms with E-state index in [1.165, 1.54) is 97.4 Å². The van der Waals surface area contributed by atoms with Gasteiger partial charge in [0.25, 0.3) is 0 Å². The van der Waals surface area contributed by atoms with Crippen LogP contribution in [-0.4, -0.2) is 0 Å². The summed E-state index contributed by atoms with van der Waals surface area (Å²) in [6.07, 6.45) is 0. The molecule has 0 bridgehead atoms. The van der Waals surface area contributed by atoms with Crippen LogP contribution in [0.25, 0.3) is 75.1 Å². The molecule has 1 nitrogen and oxygen atoms in total. The lowest BCUT2D eigenvalue weighted by molar-refractivity contribution is 0.768. The molecule has 65 heavy (non-hydrogen) atoms. The molecule has 0 radical (unpaired) electrons. The largest absolute Gasteiger partial charge is 0.310 e. The summed E-state index contributed by atoms with van der Waals surface area (Å²) in [7, 11) is 0. The van der Waals surface area contributed by atoms with Gasteiger partial charge in [0.15, 0.2) is 0 Å². The molecule has 0 unspecified atom stereocenters. The normalized spacial score (nSPS) is 12.7. The first-order chi connectivity index (χ1) is 32.2. The third kappa shape index (κ3) is 5.92. The fourth-order valence-corrected chi connectivity index (χ4v) is 11.9. The maximum absolute atomic E-state index is 2.46. The molecule has 13 rings (SSSR count). The summed E-state index contributed by atoms with van der Waals surface area (Å²) in [5, 5.41) is 7.71. The van der Waals surface area contributed by atoms with Crippen LogP contribution in [0, 0.1) is 0 Å². The summed E-state index contributed by atoms with van der Waals surface area (Å²) < 4.78 is 2.64. The van der Waals surface area contributed by atoms with Gasteiger partial charge in [0.2, 0.25) is 0 Å². The number of thiophene rings is 1. The molecule has 12 aromatic rings. The third-order valence-electron chi connectivity index (χ3n) is 13.8. The zero-order valence-corrected chi connectivity index (χ0v) is 36.3. The van der Waals surface area contributed by atoms with E-state index in [0.29, 0.717) is 0 Å². The minimum absolute atomic E-state index is 0.507. The predicted molar refractivity (Wildman–Crippen MR) is 277 cm³/mol. The van der Waals surface area contributed by atoms with Crippen molar-refractivity contribution in [1.29, 1.82) is 0 Å².